The second-order valence-corrected chi connectivity index (χ2v) is 6.20. The fourth-order valence-electron chi connectivity index (χ4n) is 3.40. The van der Waals surface area contributed by atoms with Crippen LogP contribution in [0.1, 0.15) is 17.0 Å². The molecule has 0 radical (unpaired) electrons. The third kappa shape index (κ3) is 3.08. The van der Waals surface area contributed by atoms with Crippen molar-refractivity contribution in [1.29, 1.82) is 0 Å². The van der Waals surface area contributed by atoms with Crippen molar-refractivity contribution in [2.45, 2.75) is 12.5 Å². The molecule has 2 fully saturated rings. The summed E-state index contributed by atoms with van der Waals surface area (Å²) in [6.07, 6.45) is -0.432. The van der Waals surface area contributed by atoms with Gasteiger partial charge in [0.2, 0.25) is 0 Å². The molecule has 4 nitrogen and oxygen atoms in total. The summed E-state index contributed by atoms with van der Waals surface area (Å²) in [6, 6.07) is 17.7. The van der Waals surface area contributed by atoms with Crippen LogP contribution in [0.5, 0.6) is 0 Å². The summed E-state index contributed by atoms with van der Waals surface area (Å²) in [5.41, 5.74) is 3.07. The lowest BCUT2D eigenvalue weighted by Gasteiger charge is -2.09. The molecule has 1 saturated heterocycles. The minimum atomic E-state index is -0.432. The van der Waals surface area contributed by atoms with Gasteiger partial charge in [0, 0.05) is 5.69 Å². The zero-order valence-corrected chi connectivity index (χ0v) is 12.8. The molecule has 1 aliphatic carbocycles. The van der Waals surface area contributed by atoms with Crippen LogP contribution in [-0.2, 0) is 16.1 Å². The van der Waals surface area contributed by atoms with Crippen LogP contribution in [-0.4, -0.2) is 19.3 Å². The van der Waals surface area contributed by atoms with Crippen molar-refractivity contribution in [2.24, 2.45) is 11.8 Å². The zero-order valence-electron chi connectivity index (χ0n) is 12.8. The van der Waals surface area contributed by atoms with Crippen molar-refractivity contribution in [1.82, 2.24) is 0 Å². The van der Waals surface area contributed by atoms with Gasteiger partial charge < -0.3 is 9.47 Å². The normalized spacial score (nSPS) is 24.8. The number of hydrogen-bond donors (Lipinski definition) is 1. The van der Waals surface area contributed by atoms with E-state index in [0.29, 0.717) is 17.8 Å². The quantitative estimate of drug-likeness (QED) is 0.934. The molecule has 4 heteroatoms. The fourth-order valence-corrected chi connectivity index (χ4v) is 3.40. The molecule has 2 aromatic carbocycles. The molecule has 3 atom stereocenters. The molecule has 1 heterocycles. The first-order valence-electron chi connectivity index (χ1n) is 7.97. The molecular formula is C19H19NO3. The molecule has 2 aromatic rings. The molecule has 118 valence electrons. The highest BCUT2D eigenvalue weighted by Crippen LogP contribution is 2.57. The second-order valence-electron chi connectivity index (χ2n) is 6.20. The van der Waals surface area contributed by atoms with Crippen LogP contribution in [0, 0.1) is 11.8 Å². The highest BCUT2D eigenvalue weighted by molar-refractivity contribution is 5.84. The van der Waals surface area contributed by atoms with Crippen molar-refractivity contribution in [2.75, 3.05) is 18.5 Å². The van der Waals surface area contributed by atoms with Crippen LogP contribution >= 0.6 is 0 Å². The lowest BCUT2D eigenvalue weighted by Crippen LogP contribution is -2.13. The summed E-state index contributed by atoms with van der Waals surface area (Å²) in [7, 11) is 0. The first-order valence-corrected chi connectivity index (χ1v) is 7.97. The number of fused-ring (bicyclic) bond motifs is 1. The van der Waals surface area contributed by atoms with E-state index < -0.39 is 6.09 Å². The van der Waals surface area contributed by atoms with E-state index in [0.717, 1.165) is 24.5 Å². The molecule has 0 spiro atoms. The monoisotopic (exact) mass is 309 g/mol. The fraction of sp³-hybridized carbons (Fsp3) is 0.316. The number of amides is 1. The lowest BCUT2D eigenvalue weighted by molar-refractivity contribution is 0.155. The van der Waals surface area contributed by atoms with Gasteiger partial charge in [-0.05, 0) is 41.0 Å². The minimum Gasteiger partial charge on any atom is -0.444 e. The van der Waals surface area contributed by atoms with Crippen molar-refractivity contribution < 1.29 is 14.3 Å². The van der Waals surface area contributed by atoms with E-state index in [-0.39, 0.29) is 6.61 Å². The molecule has 1 aliphatic heterocycles. The average Bonchev–Trinajstić information content (AvgIpc) is 3.06. The van der Waals surface area contributed by atoms with E-state index in [4.69, 9.17) is 9.47 Å². The second kappa shape index (κ2) is 6.05. The standard InChI is InChI=1S/C19H19NO3/c21-19(23-10-13-4-2-1-3-5-13)20-15-8-6-14(7-9-15)18-16-11-22-12-17(16)18/h1-9,16-18H,10-12H2,(H,20,21)/t16-,17+,18?. The number of ether oxygens (including phenoxy) is 2. The van der Waals surface area contributed by atoms with Crippen molar-refractivity contribution in [3.63, 3.8) is 0 Å². The Morgan fingerprint density at radius 3 is 2.43 bits per heavy atom. The van der Waals surface area contributed by atoms with E-state index in [1.165, 1.54) is 5.56 Å². The van der Waals surface area contributed by atoms with Crippen LogP contribution in [0.3, 0.4) is 0 Å². The summed E-state index contributed by atoms with van der Waals surface area (Å²) in [5.74, 6) is 2.04. The van der Waals surface area contributed by atoms with Crippen molar-refractivity contribution in [3.8, 4) is 0 Å². The average molecular weight is 309 g/mol. The summed E-state index contributed by atoms with van der Waals surface area (Å²) in [5, 5.41) is 2.76. The van der Waals surface area contributed by atoms with Gasteiger partial charge in [0.15, 0.2) is 0 Å². The van der Waals surface area contributed by atoms with Gasteiger partial charge in [-0.15, -0.1) is 0 Å². The molecule has 1 saturated carbocycles. The summed E-state index contributed by atoms with van der Waals surface area (Å²) in [4.78, 5) is 11.8. The SMILES string of the molecule is O=C(Nc1ccc(C2[C@H]3COC[C@@H]23)cc1)OCc1ccccc1. The third-order valence-corrected chi connectivity index (χ3v) is 4.71. The van der Waals surface area contributed by atoms with Crippen LogP contribution in [0.25, 0.3) is 0 Å². The third-order valence-electron chi connectivity index (χ3n) is 4.71. The number of benzene rings is 2. The topological polar surface area (TPSA) is 47.6 Å². The van der Waals surface area contributed by atoms with E-state index in [9.17, 15) is 4.79 Å². The summed E-state index contributed by atoms with van der Waals surface area (Å²) in [6.45, 7) is 2.05. The van der Waals surface area contributed by atoms with Crippen molar-refractivity contribution >= 4 is 11.8 Å². The van der Waals surface area contributed by atoms with Crippen LogP contribution in [0.15, 0.2) is 54.6 Å². The largest absolute Gasteiger partial charge is 0.444 e. The maximum absolute atomic E-state index is 11.8. The van der Waals surface area contributed by atoms with Gasteiger partial charge >= 0.3 is 6.09 Å². The van der Waals surface area contributed by atoms with Gasteiger partial charge in [0.1, 0.15) is 6.61 Å². The van der Waals surface area contributed by atoms with Gasteiger partial charge in [0.05, 0.1) is 13.2 Å². The van der Waals surface area contributed by atoms with Gasteiger partial charge in [0.25, 0.3) is 0 Å². The molecule has 0 bridgehead atoms. The van der Waals surface area contributed by atoms with Crippen LogP contribution in [0.4, 0.5) is 10.5 Å². The Hall–Kier alpha value is -2.33. The minimum absolute atomic E-state index is 0.274. The first-order chi connectivity index (χ1) is 11.3. The van der Waals surface area contributed by atoms with E-state index in [1.54, 1.807) is 0 Å². The van der Waals surface area contributed by atoms with Gasteiger partial charge in [-0.2, -0.15) is 0 Å². The highest BCUT2D eigenvalue weighted by atomic mass is 16.5. The van der Waals surface area contributed by atoms with Gasteiger partial charge in [-0.1, -0.05) is 42.5 Å². The molecule has 0 aromatic heterocycles. The molecule has 4 rings (SSSR count). The molecule has 23 heavy (non-hydrogen) atoms. The Balaban J connectivity index is 1.29. The van der Waals surface area contributed by atoms with Crippen LogP contribution < -0.4 is 5.32 Å². The Bertz CT molecular complexity index is 674. The predicted octanol–water partition coefficient (Wildman–Crippen LogP) is 3.80. The molecule has 1 unspecified atom stereocenters. The number of carbonyl (C=O) groups excluding carboxylic acids is 1. The van der Waals surface area contributed by atoms with E-state index >= 15 is 0 Å². The number of rotatable bonds is 4. The first kappa shape index (κ1) is 14.3. The molecular weight excluding hydrogens is 290 g/mol. The zero-order chi connectivity index (χ0) is 15.6. The van der Waals surface area contributed by atoms with Crippen LogP contribution in [0.2, 0.25) is 0 Å². The van der Waals surface area contributed by atoms with Gasteiger partial charge in [-0.3, -0.25) is 5.32 Å². The predicted molar refractivity (Wildman–Crippen MR) is 87.2 cm³/mol. The highest BCUT2D eigenvalue weighted by Gasteiger charge is 2.54. The molecule has 1 N–H and O–H groups in total. The maximum atomic E-state index is 11.8. The number of hydrogen-bond acceptors (Lipinski definition) is 3. The van der Waals surface area contributed by atoms with Gasteiger partial charge in [-0.25, -0.2) is 4.79 Å². The molecule has 1 amide bonds. The smallest absolute Gasteiger partial charge is 0.411 e. The number of carbonyl (C=O) groups is 1. The maximum Gasteiger partial charge on any atom is 0.411 e. The summed E-state index contributed by atoms with van der Waals surface area (Å²) < 4.78 is 10.6. The van der Waals surface area contributed by atoms with Crippen molar-refractivity contribution in [3.05, 3.63) is 65.7 Å². The Morgan fingerprint density at radius 2 is 1.74 bits per heavy atom. The molecule has 2 aliphatic rings. The van der Waals surface area contributed by atoms with E-state index in [1.807, 2.05) is 42.5 Å². The lowest BCUT2D eigenvalue weighted by atomic mass is 10.1. The van der Waals surface area contributed by atoms with E-state index in [2.05, 4.69) is 17.4 Å². The number of anilines is 1. The Labute approximate surface area is 135 Å². The Morgan fingerprint density at radius 1 is 1.04 bits per heavy atom. The Kier molecular flexibility index (Phi) is 3.75. The number of nitrogens with one attached hydrogen (secondary N) is 1. The summed E-state index contributed by atoms with van der Waals surface area (Å²) >= 11 is 0.